The van der Waals surface area contributed by atoms with E-state index in [2.05, 4.69) is 20.8 Å². The molecule has 0 bridgehead atoms. The minimum Gasteiger partial charge on any atom is -0.487 e. The molecule has 2 unspecified atom stereocenters. The molecule has 2 rings (SSSR count). The molecule has 0 aromatic heterocycles. The van der Waals surface area contributed by atoms with Crippen molar-refractivity contribution < 1.29 is 19.0 Å². The molecule has 0 aliphatic carbocycles. The molecule has 0 spiro atoms. The number of unbranched alkanes of at least 4 members (excludes halogenated alkanes) is 8. The monoisotopic (exact) mass is 510 g/mol. The van der Waals surface area contributed by atoms with Gasteiger partial charge in [-0.25, -0.2) is 4.79 Å². The van der Waals surface area contributed by atoms with Crippen LogP contribution in [0.15, 0.2) is 48.5 Å². The molecule has 206 valence electrons. The van der Waals surface area contributed by atoms with Crippen LogP contribution in [0, 0.1) is 0 Å². The fourth-order valence-electron chi connectivity index (χ4n) is 4.52. The Morgan fingerprint density at radius 2 is 1.32 bits per heavy atom. The van der Waals surface area contributed by atoms with Gasteiger partial charge < -0.3 is 14.2 Å². The molecular formula is C33H50O4. The van der Waals surface area contributed by atoms with E-state index < -0.39 is 0 Å². The second-order valence-electron chi connectivity index (χ2n) is 10.1. The maximum Gasteiger partial charge on any atom is 0.343 e. The summed E-state index contributed by atoms with van der Waals surface area (Å²) in [6.07, 6.45) is 16.1. The Morgan fingerprint density at radius 1 is 0.703 bits per heavy atom. The first-order valence-electron chi connectivity index (χ1n) is 14.8. The molecule has 0 amide bonds. The first-order chi connectivity index (χ1) is 18.1. The topological polar surface area (TPSA) is 44.8 Å². The minimum absolute atomic E-state index is 0.000408. The Hall–Kier alpha value is -2.33. The molecule has 37 heavy (non-hydrogen) atoms. The molecule has 0 N–H and O–H groups in total. The van der Waals surface area contributed by atoms with E-state index in [9.17, 15) is 4.79 Å². The standard InChI is InChI=1S/C33H50O4/c1-5-8-9-10-11-12-13-14-15-19-30(18-6-2)36-31-20-16-17-21-32(31)37-33(34)29-24-22-28(23-25-29)27(4)35-26-7-3/h16-17,20-25,27,30H,5-15,18-19,26H2,1-4H3. The number of ether oxygens (including phenoxy) is 3. The highest BCUT2D eigenvalue weighted by molar-refractivity contribution is 5.91. The van der Waals surface area contributed by atoms with Crippen molar-refractivity contribution in [2.75, 3.05) is 6.61 Å². The Kier molecular flexibility index (Phi) is 15.7. The fourth-order valence-corrected chi connectivity index (χ4v) is 4.52. The van der Waals surface area contributed by atoms with Crippen molar-refractivity contribution >= 4 is 5.97 Å². The number of rotatable bonds is 20. The van der Waals surface area contributed by atoms with Crippen LogP contribution in [0.1, 0.15) is 133 Å². The molecule has 0 saturated carbocycles. The van der Waals surface area contributed by atoms with E-state index in [4.69, 9.17) is 14.2 Å². The quantitative estimate of drug-likeness (QED) is 0.101. The van der Waals surface area contributed by atoms with Gasteiger partial charge in [0.15, 0.2) is 11.5 Å². The average molecular weight is 511 g/mol. The third-order valence-electron chi connectivity index (χ3n) is 6.77. The molecular weight excluding hydrogens is 460 g/mol. The lowest BCUT2D eigenvalue weighted by molar-refractivity contribution is 0.0660. The van der Waals surface area contributed by atoms with Crippen LogP contribution in [0.3, 0.4) is 0 Å². The molecule has 0 aliphatic rings. The minimum atomic E-state index is -0.379. The number of para-hydroxylation sites is 2. The zero-order chi connectivity index (χ0) is 26.7. The Bertz CT molecular complexity index is 861. The largest absolute Gasteiger partial charge is 0.487 e. The van der Waals surface area contributed by atoms with E-state index in [-0.39, 0.29) is 18.2 Å². The molecule has 0 heterocycles. The van der Waals surface area contributed by atoms with Crippen LogP contribution in [-0.4, -0.2) is 18.7 Å². The Labute approximate surface area is 226 Å². The first kappa shape index (κ1) is 30.9. The Balaban J connectivity index is 1.87. The lowest BCUT2D eigenvalue weighted by atomic mass is 10.0. The van der Waals surface area contributed by atoms with Gasteiger partial charge in [-0.05, 0) is 62.4 Å². The van der Waals surface area contributed by atoms with E-state index in [1.54, 1.807) is 12.1 Å². The van der Waals surface area contributed by atoms with E-state index >= 15 is 0 Å². The smallest absolute Gasteiger partial charge is 0.343 e. The van der Waals surface area contributed by atoms with Crippen molar-refractivity contribution in [1.82, 2.24) is 0 Å². The summed E-state index contributed by atoms with van der Waals surface area (Å²) in [5, 5.41) is 0. The SMILES string of the molecule is CCCCCCCCCCCC(CCC)Oc1ccccc1OC(=O)c1ccc(C(C)OCCC)cc1. The number of carbonyl (C=O) groups is 1. The molecule has 4 nitrogen and oxygen atoms in total. The van der Waals surface area contributed by atoms with Crippen LogP contribution >= 0.6 is 0 Å². The second-order valence-corrected chi connectivity index (χ2v) is 10.1. The normalized spacial score (nSPS) is 12.8. The van der Waals surface area contributed by atoms with Gasteiger partial charge >= 0.3 is 5.97 Å². The summed E-state index contributed by atoms with van der Waals surface area (Å²) in [7, 11) is 0. The molecule has 2 atom stereocenters. The molecule has 2 aromatic rings. The highest BCUT2D eigenvalue weighted by Crippen LogP contribution is 2.30. The van der Waals surface area contributed by atoms with Crippen LogP contribution < -0.4 is 9.47 Å². The number of hydrogen-bond donors (Lipinski definition) is 0. The molecule has 4 heteroatoms. The van der Waals surface area contributed by atoms with Gasteiger partial charge in [-0.2, -0.15) is 0 Å². The van der Waals surface area contributed by atoms with Crippen molar-refractivity contribution in [2.24, 2.45) is 0 Å². The molecule has 2 aromatic carbocycles. The van der Waals surface area contributed by atoms with Gasteiger partial charge in [-0.3, -0.25) is 0 Å². The molecule has 0 fully saturated rings. The van der Waals surface area contributed by atoms with Gasteiger partial charge in [0.05, 0.1) is 17.8 Å². The van der Waals surface area contributed by atoms with E-state index in [0.29, 0.717) is 17.1 Å². The zero-order valence-electron chi connectivity index (χ0n) is 23.8. The van der Waals surface area contributed by atoms with Crippen molar-refractivity contribution in [3.63, 3.8) is 0 Å². The van der Waals surface area contributed by atoms with Crippen molar-refractivity contribution in [3.05, 3.63) is 59.7 Å². The van der Waals surface area contributed by atoms with Crippen molar-refractivity contribution in [1.29, 1.82) is 0 Å². The summed E-state index contributed by atoms with van der Waals surface area (Å²) in [5.74, 6) is 0.739. The predicted molar refractivity (Wildman–Crippen MR) is 154 cm³/mol. The number of benzene rings is 2. The van der Waals surface area contributed by atoms with Gasteiger partial charge in [0.2, 0.25) is 0 Å². The first-order valence-corrected chi connectivity index (χ1v) is 14.8. The van der Waals surface area contributed by atoms with Crippen LogP contribution in [0.2, 0.25) is 0 Å². The summed E-state index contributed by atoms with van der Waals surface area (Å²) < 4.78 is 17.9. The van der Waals surface area contributed by atoms with Gasteiger partial charge in [0.25, 0.3) is 0 Å². The van der Waals surface area contributed by atoms with Crippen LogP contribution in [-0.2, 0) is 4.74 Å². The third-order valence-corrected chi connectivity index (χ3v) is 6.77. The number of carbonyl (C=O) groups excluding carboxylic acids is 1. The van der Waals surface area contributed by atoms with Crippen molar-refractivity contribution in [3.8, 4) is 11.5 Å². The fraction of sp³-hybridized carbons (Fsp3) is 0.606. The van der Waals surface area contributed by atoms with E-state index in [1.807, 2.05) is 43.3 Å². The van der Waals surface area contributed by atoms with Gasteiger partial charge in [0.1, 0.15) is 0 Å². The Morgan fingerprint density at radius 3 is 1.95 bits per heavy atom. The van der Waals surface area contributed by atoms with Crippen LogP contribution in [0.25, 0.3) is 0 Å². The van der Waals surface area contributed by atoms with E-state index in [0.717, 1.165) is 37.9 Å². The predicted octanol–water partition coefficient (Wildman–Crippen LogP) is 9.86. The van der Waals surface area contributed by atoms with Crippen LogP contribution in [0.5, 0.6) is 11.5 Å². The second kappa shape index (κ2) is 18.8. The average Bonchev–Trinajstić information content (AvgIpc) is 2.92. The zero-order valence-corrected chi connectivity index (χ0v) is 23.8. The summed E-state index contributed by atoms with van der Waals surface area (Å²) in [6, 6.07) is 15.0. The van der Waals surface area contributed by atoms with Crippen molar-refractivity contribution in [2.45, 2.75) is 123 Å². The lowest BCUT2D eigenvalue weighted by Gasteiger charge is -2.20. The number of esters is 1. The van der Waals surface area contributed by atoms with E-state index in [1.165, 1.54) is 57.8 Å². The molecule has 0 radical (unpaired) electrons. The third kappa shape index (κ3) is 12.2. The van der Waals surface area contributed by atoms with Gasteiger partial charge in [-0.1, -0.05) is 103 Å². The highest BCUT2D eigenvalue weighted by Gasteiger charge is 2.17. The van der Waals surface area contributed by atoms with Gasteiger partial charge in [-0.15, -0.1) is 0 Å². The summed E-state index contributed by atoms with van der Waals surface area (Å²) in [6.45, 7) is 9.30. The summed E-state index contributed by atoms with van der Waals surface area (Å²) in [5.41, 5.74) is 1.56. The van der Waals surface area contributed by atoms with Crippen LogP contribution in [0.4, 0.5) is 0 Å². The lowest BCUT2D eigenvalue weighted by Crippen LogP contribution is -2.17. The maximum absolute atomic E-state index is 12.9. The molecule has 0 aliphatic heterocycles. The number of hydrogen-bond acceptors (Lipinski definition) is 4. The summed E-state index contributed by atoms with van der Waals surface area (Å²) in [4.78, 5) is 12.9. The summed E-state index contributed by atoms with van der Waals surface area (Å²) >= 11 is 0. The maximum atomic E-state index is 12.9. The highest BCUT2D eigenvalue weighted by atomic mass is 16.6. The van der Waals surface area contributed by atoms with Gasteiger partial charge in [0, 0.05) is 6.61 Å². The molecule has 0 saturated heterocycles.